The van der Waals surface area contributed by atoms with Crippen LogP contribution in [-0.4, -0.2) is 8.42 Å². The smallest absolute Gasteiger partial charge is 0.207 e. The van der Waals surface area contributed by atoms with Gasteiger partial charge in [-0.3, -0.25) is 0 Å². The predicted molar refractivity (Wildman–Crippen MR) is 87.3 cm³/mol. The predicted octanol–water partition coefficient (Wildman–Crippen LogP) is 4.03. The summed E-state index contributed by atoms with van der Waals surface area (Å²) in [7, 11) is -3.56. The van der Waals surface area contributed by atoms with Gasteiger partial charge >= 0.3 is 0 Å². The number of thiophene rings is 1. The molecule has 0 spiro atoms. The van der Waals surface area contributed by atoms with Gasteiger partial charge in [-0.05, 0) is 23.6 Å². The Kier molecular flexibility index (Phi) is 3.99. The Morgan fingerprint density at radius 3 is 2.52 bits per heavy atom. The van der Waals surface area contributed by atoms with E-state index in [0.717, 1.165) is 15.6 Å². The first kappa shape index (κ1) is 14.5. The summed E-state index contributed by atoms with van der Waals surface area (Å²) >= 11 is 7.21. The molecule has 6 heteroatoms. The van der Waals surface area contributed by atoms with E-state index in [2.05, 4.69) is 4.72 Å². The Morgan fingerprint density at radius 2 is 1.76 bits per heavy atom. The summed E-state index contributed by atoms with van der Waals surface area (Å²) in [5.74, 6) is 0. The van der Waals surface area contributed by atoms with Crippen molar-refractivity contribution in [2.24, 2.45) is 0 Å². The molecule has 21 heavy (non-hydrogen) atoms. The Bertz CT molecular complexity index is 882. The molecule has 3 nitrogen and oxygen atoms in total. The zero-order valence-electron chi connectivity index (χ0n) is 10.9. The van der Waals surface area contributed by atoms with Gasteiger partial charge in [-0.25, -0.2) is 13.1 Å². The standard InChI is InChI=1S/C15H12ClNO2S2/c16-15-9-8-12(20-15)10-17-21(18,19)14-7-3-5-11-4-1-2-6-13(11)14/h1-9,17H,10H2. The van der Waals surface area contributed by atoms with Gasteiger partial charge in [-0.15, -0.1) is 11.3 Å². The third-order valence-electron chi connectivity index (χ3n) is 3.10. The first-order valence-electron chi connectivity index (χ1n) is 6.28. The molecule has 0 aliphatic carbocycles. The van der Waals surface area contributed by atoms with Crippen molar-refractivity contribution in [1.29, 1.82) is 0 Å². The van der Waals surface area contributed by atoms with Gasteiger partial charge in [-0.2, -0.15) is 0 Å². The third kappa shape index (κ3) is 3.11. The number of hydrogen-bond donors (Lipinski definition) is 1. The van der Waals surface area contributed by atoms with Crippen molar-refractivity contribution in [3.8, 4) is 0 Å². The first-order valence-corrected chi connectivity index (χ1v) is 8.96. The minimum atomic E-state index is -3.56. The van der Waals surface area contributed by atoms with Crippen LogP contribution in [0, 0.1) is 0 Å². The fourth-order valence-electron chi connectivity index (χ4n) is 2.12. The van der Waals surface area contributed by atoms with Crippen LogP contribution in [0.3, 0.4) is 0 Å². The molecule has 2 aromatic carbocycles. The van der Waals surface area contributed by atoms with Gasteiger partial charge in [0.25, 0.3) is 0 Å². The van der Waals surface area contributed by atoms with E-state index in [1.54, 1.807) is 18.2 Å². The fourth-order valence-corrected chi connectivity index (χ4v) is 4.47. The molecule has 0 unspecified atom stereocenters. The van der Waals surface area contributed by atoms with Gasteiger partial charge in [0.15, 0.2) is 0 Å². The number of hydrogen-bond acceptors (Lipinski definition) is 3. The summed E-state index contributed by atoms with van der Waals surface area (Å²) in [5.41, 5.74) is 0. The van der Waals surface area contributed by atoms with Crippen molar-refractivity contribution in [2.45, 2.75) is 11.4 Å². The van der Waals surface area contributed by atoms with Crippen LogP contribution < -0.4 is 4.72 Å². The molecule has 108 valence electrons. The van der Waals surface area contributed by atoms with Gasteiger partial charge in [0, 0.05) is 16.8 Å². The lowest BCUT2D eigenvalue weighted by atomic mass is 10.1. The normalized spacial score (nSPS) is 11.9. The average molecular weight is 338 g/mol. The zero-order valence-corrected chi connectivity index (χ0v) is 13.3. The Hall–Kier alpha value is -1.40. The second-order valence-corrected chi connectivity index (χ2v) is 8.04. The maximum atomic E-state index is 12.5. The number of sulfonamides is 1. The number of nitrogens with one attached hydrogen (secondary N) is 1. The summed E-state index contributed by atoms with van der Waals surface area (Å²) in [6.07, 6.45) is 0. The molecule has 1 aromatic heterocycles. The monoisotopic (exact) mass is 337 g/mol. The highest BCUT2D eigenvalue weighted by Gasteiger charge is 2.17. The quantitative estimate of drug-likeness (QED) is 0.781. The van der Waals surface area contributed by atoms with Crippen molar-refractivity contribution in [3.05, 3.63) is 63.8 Å². The molecule has 0 aliphatic heterocycles. The van der Waals surface area contributed by atoms with Crippen LogP contribution in [0.1, 0.15) is 4.88 Å². The number of halogens is 1. The average Bonchev–Trinajstić information content (AvgIpc) is 2.90. The van der Waals surface area contributed by atoms with E-state index in [4.69, 9.17) is 11.6 Å². The molecule has 0 atom stereocenters. The zero-order chi connectivity index (χ0) is 14.9. The molecule has 3 rings (SSSR count). The summed E-state index contributed by atoms with van der Waals surface area (Å²) in [6, 6.07) is 16.3. The van der Waals surface area contributed by atoms with Crippen LogP contribution in [0.2, 0.25) is 4.34 Å². The molecule has 0 saturated carbocycles. The molecule has 3 aromatic rings. The molecule has 0 saturated heterocycles. The summed E-state index contributed by atoms with van der Waals surface area (Å²) in [4.78, 5) is 1.17. The second-order valence-electron chi connectivity index (χ2n) is 4.51. The fraction of sp³-hybridized carbons (Fsp3) is 0.0667. The third-order valence-corrected chi connectivity index (χ3v) is 5.79. The van der Waals surface area contributed by atoms with Crippen LogP contribution in [0.5, 0.6) is 0 Å². The van der Waals surface area contributed by atoms with Crippen molar-refractivity contribution in [3.63, 3.8) is 0 Å². The van der Waals surface area contributed by atoms with Crippen LogP contribution in [-0.2, 0) is 16.6 Å². The maximum absolute atomic E-state index is 12.5. The van der Waals surface area contributed by atoms with Gasteiger partial charge in [-0.1, -0.05) is 48.0 Å². The minimum absolute atomic E-state index is 0.239. The van der Waals surface area contributed by atoms with Crippen molar-refractivity contribution < 1.29 is 8.42 Å². The second kappa shape index (κ2) is 5.77. The number of rotatable bonds is 4. The Balaban J connectivity index is 1.93. The maximum Gasteiger partial charge on any atom is 0.241 e. The highest BCUT2D eigenvalue weighted by Crippen LogP contribution is 2.24. The van der Waals surface area contributed by atoms with Crippen molar-refractivity contribution >= 4 is 43.7 Å². The van der Waals surface area contributed by atoms with E-state index in [0.29, 0.717) is 9.23 Å². The molecular formula is C15H12ClNO2S2. The van der Waals surface area contributed by atoms with Crippen LogP contribution in [0.4, 0.5) is 0 Å². The lowest BCUT2D eigenvalue weighted by Crippen LogP contribution is -2.23. The molecular weight excluding hydrogens is 326 g/mol. The molecule has 0 aliphatic rings. The van der Waals surface area contributed by atoms with E-state index in [1.165, 1.54) is 11.3 Å². The molecule has 0 bridgehead atoms. The Labute approximate surface area is 132 Å². The van der Waals surface area contributed by atoms with Gasteiger partial charge in [0.2, 0.25) is 10.0 Å². The van der Waals surface area contributed by atoms with Crippen molar-refractivity contribution in [2.75, 3.05) is 0 Å². The van der Waals surface area contributed by atoms with E-state index in [1.807, 2.05) is 36.4 Å². The SMILES string of the molecule is O=S(=O)(NCc1ccc(Cl)s1)c1cccc2ccccc12. The van der Waals surface area contributed by atoms with Crippen molar-refractivity contribution in [1.82, 2.24) is 4.72 Å². The number of benzene rings is 2. The van der Waals surface area contributed by atoms with Crippen LogP contribution in [0.15, 0.2) is 59.5 Å². The Morgan fingerprint density at radius 1 is 1.00 bits per heavy atom. The van der Waals surface area contributed by atoms with Gasteiger partial charge < -0.3 is 0 Å². The molecule has 0 fully saturated rings. The lowest BCUT2D eigenvalue weighted by molar-refractivity contribution is 0.583. The highest BCUT2D eigenvalue weighted by molar-refractivity contribution is 7.89. The van der Waals surface area contributed by atoms with E-state index in [9.17, 15) is 8.42 Å². The largest absolute Gasteiger partial charge is 0.241 e. The molecule has 1 heterocycles. The van der Waals surface area contributed by atoms with Gasteiger partial charge in [0.1, 0.15) is 0 Å². The summed E-state index contributed by atoms with van der Waals surface area (Å²) in [6.45, 7) is 0.239. The summed E-state index contributed by atoms with van der Waals surface area (Å²) < 4.78 is 28.2. The first-order chi connectivity index (χ1) is 10.1. The lowest BCUT2D eigenvalue weighted by Gasteiger charge is -2.08. The topological polar surface area (TPSA) is 46.2 Å². The van der Waals surface area contributed by atoms with Crippen LogP contribution in [0.25, 0.3) is 10.8 Å². The molecule has 1 N–H and O–H groups in total. The van der Waals surface area contributed by atoms with Crippen LogP contribution >= 0.6 is 22.9 Å². The van der Waals surface area contributed by atoms with E-state index < -0.39 is 10.0 Å². The van der Waals surface area contributed by atoms with Gasteiger partial charge in [0.05, 0.1) is 9.23 Å². The summed E-state index contributed by atoms with van der Waals surface area (Å²) in [5, 5.41) is 1.62. The highest BCUT2D eigenvalue weighted by atomic mass is 35.5. The van der Waals surface area contributed by atoms with E-state index in [-0.39, 0.29) is 6.54 Å². The van der Waals surface area contributed by atoms with E-state index >= 15 is 0 Å². The molecule has 0 amide bonds. The number of fused-ring (bicyclic) bond motifs is 1. The minimum Gasteiger partial charge on any atom is -0.207 e. The molecule has 0 radical (unpaired) electrons.